The van der Waals surface area contributed by atoms with Gasteiger partial charge in [-0.2, -0.15) is 5.10 Å². The van der Waals surface area contributed by atoms with Gasteiger partial charge in [-0.3, -0.25) is 14.5 Å². The van der Waals surface area contributed by atoms with E-state index < -0.39 is 0 Å². The van der Waals surface area contributed by atoms with Crippen LogP contribution in [0.3, 0.4) is 0 Å². The Hall–Kier alpha value is -0.910. The van der Waals surface area contributed by atoms with Gasteiger partial charge in [0.25, 0.3) is 0 Å². The van der Waals surface area contributed by atoms with Gasteiger partial charge in [-0.05, 0) is 33.0 Å². The minimum Gasteiger partial charge on any atom is -0.329 e. The largest absolute Gasteiger partial charge is 0.329 e. The molecule has 108 valence electrons. The Labute approximate surface area is 116 Å². The SMILES string of the molecule is CCN1CCCC1CN(C)C(CN)c1cnn(C)c1. The zero-order chi connectivity index (χ0) is 13.8. The van der Waals surface area contributed by atoms with Crippen LogP contribution in [0.5, 0.6) is 0 Å². The van der Waals surface area contributed by atoms with Gasteiger partial charge in [-0.1, -0.05) is 6.92 Å². The van der Waals surface area contributed by atoms with E-state index in [9.17, 15) is 0 Å². The number of nitrogens with zero attached hydrogens (tertiary/aromatic N) is 4. The summed E-state index contributed by atoms with van der Waals surface area (Å²) in [5.74, 6) is 0. The molecule has 5 nitrogen and oxygen atoms in total. The third-order valence-electron chi connectivity index (χ3n) is 4.27. The van der Waals surface area contributed by atoms with Gasteiger partial charge >= 0.3 is 0 Å². The lowest BCUT2D eigenvalue weighted by molar-refractivity contribution is 0.166. The summed E-state index contributed by atoms with van der Waals surface area (Å²) in [7, 11) is 4.13. The molecule has 1 saturated heterocycles. The normalized spacial score (nSPS) is 22.3. The number of aromatic nitrogens is 2. The molecule has 0 radical (unpaired) electrons. The first-order chi connectivity index (χ1) is 9.15. The van der Waals surface area contributed by atoms with Gasteiger partial charge in [0.1, 0.15) is 0 Å². The number of likely N-dealkylation sites (tertiary alicyclic amines) is 1. The molecule has 1 aliphatic heterocycles. The second-order valence-electron chi connectivity index (χ2n) is 5.56. The molecule has 0 aromatic carbocycles. The molecule has 2 rings (SSSR count). The predicted molar refractivity (Wildman–Crippen MR) is 77.9 cm³/mol. The molecule has 1 fully saturated rings. The second-order valence-corrected chi connectivity index (χ2v) is 5.56. The zero-order valence-corrected chi connectivity index (χ0v) is 12.4. The van der Waals surface area contributed by atoms with Crippen LogP contribution in [0, 0.1) is 0 Å². The van der Waals surface area contributed by atoms with E-state index in [1.54, 1.807) is 0 Å². The van der Waals surface area contributed by atoms with Crippen molar-refractivity contribution in [3.05, 3.63) is 18.0 Å². The zero-order valence-electron chi connectivity index (χ0n) is 12.4. The molecule has 5 heteroatoms. The number of likely N-dealkylation sites (N-methyl/N-ethyl adjacent to an activating group) is 2. The highest BCUT2D eigenvalue weighted by Gasteiger charge is 2.26. The molecule has 0 saturated carbocycles. The second kappa shape index (κ2) is 6.50. The van der Waals surface area contributed by atoms with Gasteiger partial charge in [-0.25, -0.2) is 0 Å². The van der Waals surface area contributed by atoms with Crippen molar-refractivity contribution < 1.29 is 0 Å². The Morgan fingerprint density at radius 1 is 1.58 bits per heavy atom. The van der Waals surface area contributed by atoms with Gasteiger partial charge in [0.05, 0.1) is 6.20 Å². The Morgan fingerprint density at radius 3 is 2.95 bits per heavy atom. The van der Waals surface area contributed by atoms with E-state index in [0.29, 0.717) is 12.6 Å². The molecule has 2 atom stereocenters. The Kier molecular flexibility index (Phi) is 4.96. The predicted octanol–water partition coefficient (Wildman–Crippen LogP) is 0.836. The molecule has 2 unspecified atom stereocenters. The van der Waals surface area contributed by atoms with Crippen molar-refractivity contribution in [1.82, 2.24) is 19.6 Å². The lowest BCUT2D eigenvalue weighted by atomic mass is 10.1. The molecule has 0 spiro atoms. The van der Waals surface area contributed by atoms with E-state index in [0.717, 1.165) is 13.1 Å². The standard InChI is InChI=1S/C14H27N5/c1-4-19-7-5-6-13(19)11-17(2)14(8-15)12-9-16-18(3)10-12/h9-10,13-14H,4-8,11,15H2,1-3H3. The van der Waals surface area contributed by atoms with Crippen molar-refractivity contribution in [3.63, 3.8) is 0 Å². The maximum absolute atomic E-state index is 5.96. The lowest BCUT2D eigenvalue weighted by Gasteiger charge is -2.32. The first-order valence-electron chi connectivity index (χ1n) is 7.28. The number of nitrogens with two attached hydrogens (primary N) is 1. The van der Waals surface area contributed by atoms with Gasteiger partial charge in [0.2, 0.25) is 0 Å². The molecule has 0 aliphatic carbocycles. The van der Waals surface area contributed by atoms with Crippen molar-refractivity contribution >= 4 is 0 Å². The van der Waals surface area contributed by atoms with Crippen LogP contribution in [0.25, 0.3) is 0 Å². The van der Waals surface area contributed by atoms with Crippen molar-refractivity contribution in [2.24, 2.45) is 12.8 Å². The first kappa shape index (κ1) is 14.5. The van der Waals surface area contributed by atoms with E-state index >= 15 is 0 Å². The van der Waals surface area contributed by atoms with Crippen LogP contribution >= 0.6 is 0 Å². The number of hydrogen-bond acceptors (Lipinski definition) is 4. The van der Waals surface area contributed by atoms with Crippen molar-refractivity contribution in [2.45, 2.75) is 31.8 Å². The van der Waals surface area contributed by atoms with Gasteiger partial charge in [-0.15, -0.1) is 0 Å². The first-order valence-corrected chi connectivity index (χ1v) is 7.28. The summed E-state index contributed by atoms with van der Waals surface area (Å²) in [5.41, 5.74) is 7.18. The highest BCUT2D eigenvalue weighted by atomic mass is 15.3. The fraction of sp³-hybridized carbons (Fsp3) is 0.786. The number of aryl methyl sites for hydroxylation is 1. The van der Waals surface area contributed by atoms with Gasteiger partial charge in [0.15, 0.2) is 0 Å². The molecule has 1 aromatic heterocycles. The van der Waals surface area contributed by atoms with Gasteiger partial charge < -0.3 is 5.73 Å². The van der Waals surface area contributed by atoms with Crippen LogP contribution in [-0.2, 0) is 7.05 Å². The maximum Gasteiger partial charge on any atom is 0.0538 e. The van der Waals surface area contributed by atoms with Crippen molar-refractivity contribution in [2.75, 3.05) is 33.2 Å². The van der Waals surface area contributed by atoms with Crippen LogP contribution in [-0.4, -0.2) is 58.8 Å². The van der Waals surface area contributed by atoms with E-state index in [4.69, 9.17) is 5.73 Å². The molecule has 2 N–H and O–H groups in total. The Balaban J connectivity index is 1.99. The fourth-order valence-corrected chi connectivity index (χ4v) is 3.16. The Bertz CT molecular complexity index is 389. The van der Waals surface area contributed by atoms with E-state index in [-0.39, 0.29) is 6.04 Å². The summed E-state index contributed by atoms with van der Waals surface area (Å²) in [4.78, 5) is 4.96. The third kappa shape index (κ3) is 3.35. The van der Waals surface area contributed by atoms with Crippen LogP contribution < -0.4 is 5.73 Å². The van der Waals surface area contributed by atoms with E-state index in [2.05, 4.69) is 35.1 Å². The summed E-state index contributed by atoms with van der Waals surface area (Å²) in [6.45, 7) is 6.37. The van der Waals surface area contributed by atoms with Crippen LogP contribution in [0.1, 0.15) is 31.4 Å². The number of hydrogen-bond donors (Lipinski definition) is 1. The summed E-state index contributed by atoms with van der Waals surface area (Å²) in [6.07, 6.45) is 6.63. The fourth-order valence-electron chi connectivity index (χ4n) is 3.16. The average molecular weight is 265 g/mol. The topological polar surface area (TPSA) is 50.3 Å². The average Bonchev–Trinajstić information content (AvgIpc) is 2.99. The monoisotopic (exact) mass is 265 g/mol. The van der Waals surface area contributed by atoms with Crippen molar-refractivity contribution in [3.8, 4) is 0 Å². The smallest absolute Gasteiger partial charge is 0.0538 e. The van der Waals surface area contributed by atoms with E-state index in [1.165, 1.54) is 24.9 Å². The molecule has 0 bridgehead atoms. The molecule has 0 amide bonds. The lowest BCUT2D eigenvalue weighted by Crippen LogP contribution is -2.41. The minimum absolute atomic E-state index is 0.271. The van der Waals surface area contributed by atoms with Crippen LogP contribution in [0.15, 0.2) is 12.4 Å². The van der Waals surface area contributed by atoms with Crippen molar-refractivity contribution in [1.29, 1.82) is 0 Å². The summed E-state index contributed by atoms with van der Waals surface area (Å²) >= 11 is 0. The van der Waals surface area contributed by atoms with Gasteiger partial charge in [0, 0.05) is 44.0 Å². The van der Waals surface area contributed by atoms with Crippen LogP contribution in [0.2, 0.25) is 0 Å². The highest BCUT2D eigenvalue weighted by molar-refractivity contribution is 5.11. The Morgan fingerprint density at radius 2 is 2.37 bits per heavy atom. The molecule has 2 heterocycles. The number of rotatable bonds is 6. The molecule has 1 aromatic rings. The molecule has 1 aliphatic rings. The third-order valence-corrected chi connectivity index (χ3v) is 4.27. The van der Waals surface area contributed by atoms with E-state index in [1.807, 2.05) is 17.9 Å². The maximum atomic E-state index is 5.96. The summed E-state index contributed by atoms with van der Waals surface area (Å²) in [6, 6.07) is 0.953. The highest BCUT2D eigenvalue weighted by Crippen LogP contribution is 2.22. The minimum atomic E-state index is 0.271. The van der Waals surface area contributed by atoms with Crippen LogP contribution in [0.4, 0.5) is 0 Å². The molecule has 19 heavy (non-hydrogen) atoms. The summed E-state index contributed by atoms with van der Waals surface area (Å²) in [5, 5.41) is 4.25. The molecular weight excluding hydrogens is 238 g/mol. The quantitative estimate of drug-likeness (QED) is 0.828. The molecular formula is C14H27N5. The summed E-state index contributed by atoms with van der Waals surface area (Å²) < 4.78 is 1.85.